The summed E-state index contributed by atoms with van der Waals surface area (Å²) in [6.45, 7) is 3.14. The molecule has 1 N–H and O–H groups in total. The van der Waals surface area contributed by atoms with E-state index in [0.717, 1.165) is 24.0 Å². The number of rotatable bonds is 9. The van der Waals surface area contributed by atoms with Crippen LogP contribution in [0.1, 0.15) is 23.6 Å². The van der Waals surface area contributed by atoms with Crippen LogP contribution in [0.2, 0.25) is 0 Å². The highest BCUT2D eigenvalue weighted by atomic mass is 79.9. The Kier molecular flexibility index (Phi) is 8.00. The molecular formula is C26H26BrNO2. The van der Waals surface area contributed by atoms with Crippen LogP contribution in [-0.2, 0) is 24.3 Å². The second-order valence-corrected chi connectivity index (χ2v) is 8.34. The van der Waals surface area contributed by atoms with Crippen LogP contribution in [0.4, 0.5) is 0 Å². The zero-order valence-corrected chi connectivity index (χ0v) is 18.6. The summed E-state index contributed by atoms with van der Waals surface area (Å²) in [5.41, 5.74) is 3.94. The number of carbonyl (C=O) groups is 1. The lowest BCUT2D eigenvalue weighted by atomic mass is 10.0. The zero-order chi connectivity index (χ0) is 21.3. The average Bonchev–Trinajstić information content (AvgIpc) is 2.75. The molecule has 4 heteroatoms. The monoisotopic (exact) mass is 463 g/mol. The van der Waals surface area contributed by atoms with Gasteiger partial charge in [0.15, 0.2) is 0 Å². The van der Waals surface area contributed by atoms with Gasteiger partial charge in [-0.2, -0.15) is 0 Å². The number of carboxylic acids is 1. The van der Waals surface area contributed by atoms with Crippen molar-refractivity contribution in [1.82, 2.24) is 4.90 Å². The van der Waals surface area contributed by atoms with Gasteiger partial charge in [-0.15, -0.1) is 0 Å². The first-order chi connectivity index (χ1) is 14.5. The number of nitrogens with zero attached hydrogens (tertiary/aromatic N) is 1. The van der Waals surface area contributed by atoms with E-state index in [-0.39, 0.29) is 6.04 Å². The van der Waals surface area contributed by atoms with Crippen LogP contribution in [0.15, 0.2) is 101 Å². The number of carboxylic acid groups (broad SMARTS) is 1. The summed E-state index contributed by atoms with van der Waals surface area (Å²) in [5, 5.41) is 9.50. The highest BCUT2D eigenvalue weighted by molar-refractivity contribution is 9.10. The average molecular weight is 464 g/mol. The van der Waals surface area contributed by atoms with Crippen LogP contribution in [-0.4, -0.2) is 22.0 Å². The SMILES string of the molecule is C/C(=C\C(Cc1ccc(Br)cc1)N(Cc1ccccc1)Cc1ccccc1)C(=O)O. The van der Waals surface area contributed by atoms with Crippen molar-refractivity contribution in [1.29, 1.82) is 0 Å². The minimum atomic E-state index is -0.879. The summed E-state index contributed by atoms with van der Waals surface area (Å²) in [7, 11) is 0. The molecule has 0 bridgehead atoms. The van der Waals surface area contributed by atoms with Gasteiger partial charge >= 0.3 is 5.97 Å². The Morgan fingerprint density at radius 1 is 0.867 bits per heavy atom. The van der Waals surface area contributed by atoms with Gasteiger partial charge in [-0.25, -0.2) is 4.79 Å². The number of hydrogen-bond acceptors (Lipinski definition) is 2. The van der Waals surface area contributed by atoms with Crippen LogP contribution >= 0.6 is 15.9 Å². The van der Waals surface area contributed by atoms with Crippen LogP contribution in [0.25, 0.3) is 0 Å². The summed E-state index contributed by atoms with van der Waals surface area (Å²) in [6.07, 6.45) is 2.62. The Balaban J connectivity index is 1.95. The highest BCUT2D eigenvalue weighted by Crippen LogP contribution is 2.20. The molecule has 0 aliphatic heterocycles. The third kappa shape index (κ3) is 6.68. The molecule has 3 aromatic rings. The van der Waals surface area contributed by atoms with Gasteiger partial charge in [0.05, 0.1) is 0 Å². The lowest BCUT2D eigenvalue weighted by Crippen LogP contribution is -2.35. The molecule has 3 nitrogen and oxygen atoms in total. The van der Waals surface area contributed by atoms with Gasteiger partial charge in [0.2, 0.25) is 0 Å². The molecule has 0 heterocycles. The van der Waals surface area contributed by atoms with Crippen LogP contribution < -0.4 is 0 Å². The zero-order valence-electron chi connectivity index (χ0n) is 17.0. The fourth-order valence-electron chi connectivity index (χ4n) is 3.44. The molecule has 0 aromatic heterocycles. The predicted molar refractivity (Wildman–Crippen MR) is 125 cm³/mol. The molecule has 0 aliphatic carbocycles. The van der Waals surface area contributed by atoms with Gasteiger partial charge < -0.3 is 5.11 Å². The summed E-state index contributed by atoms with van der Waals surface area (Å²) >= 11 is 3.49. The minimum Gasteiger partial charge on any atom is -0.478 e. The second kappa shape index (κ2) is 10.9. The Bertz CT molecular complexity index is 927. The molecule has 1 unspecified atom stereocenters. The topological polar surface area (TPSA) is 40.5 Å². The molecule has 0 aliphatic rings. The molecule has 154 valence electrons. The Labute approximate surface area is 186 Å². The smallest absolute Gasteiger partial charge is 0.331 e. The predicted octanol–water partition coefficient (Wildman–Crippen LogP) is 6.09. The van der Waals surface area contributed by atoms with Gasteiger partial charge in [0.1, 0.15) is 0 Å². The van der Waals surface area contributed by atoms with Gasteiger partial charge in [0.25, 0.3) is 0 Å². The van der Waals surface area contributed by atoms with Crippen molar-refractivity contribution in [2.75, 3.05) is 0 Å². The maximum Gasteiger partial charge on any atom is 0.331 e. The van der Waals surface area contributed by atoms with E-state index in [9.17, 15) is 9.90 Å². The van der Waals surface area contributed by atoms with Gasteiger partial charge in [0, 0.05) is 29.2 Å². The highest BCUT2D eigenvalue weighted by Gasteiger charge is 2.19. The third-order valence-corrected chi connectivity index (χ3v) is 5.59. The second-order valence-electron chi connectivity index (χ2n) is 7.43. The normalized spacial score (nSPS) is 12.7. The molecule has 3 rings (SSSR count). The third-order valence-electron chi connectivity index (χ3n) is 5.06. The summed E-state index contributed by atoms with van der Waals surface area (Å²) < 4.78 is 1.03. The fraction of sp³-hybridized carbons (Fsp3) is 0.192. The number of aliphatic carboxylic acids is 1. The summed E-state index contributed by atoms with van der Waals surface area (Å²) in [5.74, 6) is -0.879. The lowest BCUT2D eigenvalue weighted by Gasteiger charge is -2.31. The first kappa shape index (κ1) is 22.0. The fourth-order valence-corrected chi connectivity index (χ4v) is 3.71. The largest absolute Gasteiger partial charge is 0.478 e. The molecule has 0 amide bonds. The number of halogens is 1. The first-order valence-electron chi connectivity index (χ1n) is 9.99. The Morgan fingerprint density at radius 2 is 1.37 bits per heavy atom. The maximum atomic E-state index is 11.6. The molecule has 0 saturated heterocycles. The van der Waals surface area contributed by atoms with Gasteiger partial charge in [-0.1, -0.05) is 94.8 Å². The van der Waals surface area contributed by atoms with E-state index in [1.807, 2.05) is 54.6 Å². The van der Waals surface area contributed by atoms with E-state index < -0.39 is 5.97 Å². The standard InChI is InChI=1S/C26H26BrNO2/c1-20(26(29)30)16-25(17-21-12-14-24(27)15-13-21)28(18-22-8-4-2-5-9-22)19-23-10-6-3-7-11-23/h2-16,25H,17-19H2,1H3,(H,29,30)/b20-16+. The molecule has 30 heavy (non-hydrogen) atoms. The molecule has 3 aromatic carbocycles. The molecule has 0 fully saturated rings. The summed E-state index contributed by atoms with van der Waals surface area (Å²) in [6, 6.07) is 28.8. The maximum absolute atomic E-state index is 11.6. The number of benzene rings is 3. The quantitative estimate of drug-likeness (QED) is 0.390. The van der Waals surface area contributed by atoms with E-state index in [1.165, 1.54) is 16.7 Å². The Hall–Kier alpha value is -2.69. The van der Waals surface area contributed by atoms with Crippen molar-refractivity contribution in [3.8, 4) is 0 Å². The first-order valence-corrected chi connectivity index (χ1v) is 10.8. The van der Waals surface area contributed by atoms with Crippen molar-refractivity contribution in [2.24, 2.45) is 0 Å². The van der Waals surface area contributed by atoms with Gasteiger partial charge in [-0.05, 0) is 42.2 Å². The van der Waals surface area contributed by atoms with Crippen LogP contribution in [0.3, 0.4) is 0 Å². The molecule has 0 radical (unpaired) electrons. The Morgan fingerprint density at radius 3 is 1.83 bits per heavy atom. The van der Waals surface area contributed by atoms with E-state index in [2.05, 4.69) is 57.2 Å². The molecule has 0 spiro atoms. The van der Waals surface area contributed by atoms with E-state index >= 15 is 0 Å². The van der Waals surface area contributed by atoms with Crippen LogP contribution in [0, 0.1) is 0 Å². The van der Waals surface area contributed by atoms with Crippen molar-refractivity contribution in [3.63, 3.8) is 0 Å². The van der Waals surface area contributed by atoms with Crippen molar-refractivity contribution < 1.29 is 9.90 Å². The van der Waals surface area contributed by atoms with Crippen LogP contribution in [0.5, 0.6) is 0 Å². The lowest BCUT2D eigenvalue weighted by molar-refractivity contribution is -0.132. The molecule has 1 atom stereocenters. The molecular weight excluding hydrogens is 438 g/mol. The minimum absolute atomic E-state index is 0.0531. The molecule has 0 saturated carbocycles. The van der Waals surface area contributed by atoms with E-state index in [0.29, 0.717) is 5.57 Å². The van der Waals surface area contributed by atoms with E-state index in [1.54, 1.807) is 6.92 Å². The van der Waals surface area contributed by atoms with Crippen molar-refractivity contribution in [3.05, 3.63) is 118 Å². The summed E-state index contributed by atoms with van der Waals surface area (Å²) in [4.78, 5) is 13.9. The van der Waals surface area contributed by atoms with Crippen molar-refractivity contribution in [2.45, 2.75) is 32.5 Å². The van der Waals surface area contributed by atoms with Crippen molar-refractivity contribution >= 4 is 21.9 Å². The number of hydrogen-bond donors (Lipinski definition) is 1. The van der Waals surface area contributed by atoms with Gasteiger partial charge in [-0.3, -0.25) is 4.90 Å². The van der Waals surface area contributed by atoms with E-state index in [4.69, 9.17) is 0 Å².